The summed E-state index contributed by atoms with van der Waals surface area (Å²) < 4.78 is 0. The molecule has 2 aromatic carbocycles. The lowest BCUT2D eigenvalue weighted by molar-refractivity contribution is -0.136. The minimum Gasteiger partial charge on any atom is -0.368 e. The first-order valence-corrected chi connectivity index (χ1v) is 13.6. The molecule has 0 aliphatic heterocycles. The van der Waals surface area contributed by atoms with Gasteiger partial charge in [-0.15, -0.1) is 0 Å². The van der Waals surface area contributed by atoms with E-state index in [9.17, 15) is 14.4 Å². The fourth-order valence-corrected chi connectivity index (χ4v) is 5.36. The molecule has 39 heavy (non-hydrogen) atoms. The van der Waals surface area contributed by atoms with E-state index >= 15 is 0 Å². The maximum absolute atomic E-state index is 13.8. The molecule has 0 bridgehead atoms. The smallest absolute Gasteiger partial charge is 0.246 e. The summed E-state index contributed by atoms with van der Waals surface area (Å²) in [4.78, 5) is 44.6. The Hall–Kier alpha value is -3.69. The highest BCUT2D eigenvalue weighted by Crippen LogP contribution is 2.34. The number of H-pyrrole nitrogens is 1. The van der Waals surface area contributed by atoms with Gasteiger partial charge in [-0.3, -0.25) is 14.4 Å². The number of likely N-dealkylation sites (N-methyl/N-ethyl adjacent to an activating group) is 1. The number of amides is 3. The molecule has 6 N–H and O–H groups in total. The third-order valence-corrected chi connectivity index (χ3v) is 7.51. The number of nitrogens with two attached hydrogens (primary N) is 1. The number of nitrogens with zero attached hydrogens (tertiary/aromatic N) is 1. The van der Waals surface area contributed by atoms with E-state index in [4.69, 9.17) is 5.73 Å². The van der Waals surface area contributed by atoms with Crippen molar-refractivity contribution in [3.8, 4) is 0 Å². The summed E-state index contributed by atoms with van der Waals surface area (Å²) in [6.45, 7) is 5.96. The minimum absolute atomic E-state index is 0.0817. The highest BCUT2D eigenvalue weighted by Gasteiger charge is 2.45. The molecule has 4 rings (SSSR count). The number of para-hydroxylation sites is 1. The summed E-state index contributed by atoms with van der Waals surface area (Å²) in [6, 6.07) is 17.4. The summed E-state index contributed by atoms with van der Waals surface area (Å²) in [5, 5.41) is 10.1. The van der Waals surface area contributed by atoms with E-state index in [1.807, 2.05) is 63.4 Å². The summed E-state index contributed by atoms with van der Waals surface area (Å²) in [5.41, 5.74) is 8.72. The average molecular weight is 533 g/mol. The van der Waals surface area contributed by atoms with Crippen LogP contribution in [-0.2, 0) is 33.8 Å². The molecule has 0 saturated carbocycles. The molecule has 1 aliphatic carbocycles. The standard InChI is InChI=1S/C30H40N6O3/c1-20(2)27(28(31)38)34-29(39)30(14-13-25-23(17-30)22-11-7-8-12-24(22)33-25)35-26(37)18-32-15-16-36(3)19-21-9-5-4-6-10-21/h4-12,20,27,32-33H,13-19H2,1-3H3,(H2,31,38)(H,34,39)(H,35,37)/t27-,30+/m0/s1. The Balaban J connectivity index is 1.43. The number of benzene rings is 2. The molecule has 0 unspecified atom stereocenters. The molecule has 9 heteroatoms. The lowest BCUT2D eigenvalue weighted by Crippen LogP contribution is -2.65. The Bertz CT molecular complexity index is 1300. The summed E-state index contributed by atoms with van der Waals surface area (Å²) >= 11 is 0. The van der Waals surface area contributed by atoms with Crippen molar-refractivity contribution in [3.05, 3.63) is 71.4 Å². The van der Waals surface area contributed by atoms with Gasteiger partial charge in [-0.2, -0.15) is 0 Å². The number of carbonyl (C=O) groups excluding carboxylic acids is 3. The summed E-state index contributed by atoms with van der Waals surface area (Å²) in [5.74, 6) is -1.42. The van der Waals surface area contributed by atoms with Crippen LogP contribution in [0.1, 0.15) is 37.1 Å². The quantitative estimate of drug-likeness (QED) is 0.227. The van der Waals surface area contributed by atoms with Crippen LogP contribution in [-0.4, -0.2) is 65.9 Å². The Labute approximate surface area is 229 Å². The third-order valence-electron chi connectivity index (χ3n) is 7.51. The van der Waals surface area contributed by atoms with Crippen molar-refractivity contribution in [3.63, 3.8) is 0 Å². The predicted octanol–water partition coefficient (Wildman–Crippen LogP) is 1.86. The van der Waals surface area contributed by atoms with Crippen LogP contribution in [0, 0.1) is 5.92 Å². The van der Waals surface area contributed by atoms with Crippen molar-refractivity contribution >= 4 is 28.6 Å². The van der Waals surface area contributed by atoms with Crippen LogP contribution in [0.15, 0.2) is 54.6 Å². The Morgan fingerprint density at radius 2 is 1.79 bits per heavy atom. The maximum atomic E-state index is 13.8. The van der Waals surface area contributed by atoms with E-state index in [0.717, 1.165) is 35.2 Å². The molecule has 0 saturated heterocycles. The first-order valence-electron chi connectivity index (χ1n) is 13.6. The van der Waals surface area contributed by atoms with Crippen molar-refractivity contribution in [1.29, 1.82) is 0 Å². The van der Waals surface area contributed by atoms with Gasteiger partial charge in [0.2, 0.25) is 17.7 Å². The van der Waals surface area contributed by atoms with Gasteiger partial charge in [0, 0.05) is 42.7 Å². The van der Waals surface area contributed by atoms with Crippen LogP contribution in [0.2, 0.25) is 0 Å². The average Bonchev–Trinajstić information content (AvgIpc) is 3.27. The molecule has 0 fully saturated rings. The van der Waals surface area contributed by atoms with Gasteiger partial charge in [0.05, 0.1) is 6.54 Å². The van der Waals surface area contributed by atoms with E-state index < -0.39 is 17.5 Å². The number of hydrogen-bond donors (Lipinski definition) is 5. The van der Waals surface area contributed by atoms with Gasteiger partial charge in [0.1, 0.15) is 11.6 Å². The molecule has 1 aliphatic rings. The van der Waals surface area contributed by atoms with Gasteiger partial charge < -0.3 is 31.6 Å². The zero-order chi connectivity index (χ0) is 28.0. The topological polar surface area (TPSA) is 132 Å². The Morgan fingerprint density at radius 1 is 1.08 bits per heavy atom. The molecule has 3 amide bonds. The SMILES string of the molecule is CC(C)[C@H](NC(=O)[C@@]1(NC(=O)CNCCN(C)Cc2ccccc2)CCc2[nH]c3ccccc3c2C1)C(N)=O. The monoisotopic (exact) mass is 532 g/mol. The molecular formula is C30H40N6O3. The van der Waals surface area contributed by atoms with Crippen LogP contribution >= 0.6 is 0 Å². The second-order valence-electron chi connectivity index (χ2n) is 10.9. The molecule has 208 valence electrons. The van der Waals surface area contributed by atoms with Gasteiger partial charge in [-0.1, -0.05) is 62.4 Å². The van der Waals surface area contributed by atoms with Crippen molar-refractivity contribution < 1.29 is 14.4 Å². The van der Waals surface area contributed by atoms with E-state index in [2.05, 4.69) is 38.0 Å². The van der Waals surface area contributed by atoms with E-state index in [1.54, 1.807) is 0 Å². The Morgan fingerprint density at radius 3 is 2.51 bits per heavy atom. The zero-order valence-electron chi connectivity index (χ0n) is 23.0. The fraction of sp³-hybridized carbons (Fsp3) is 0.433. The van der Waals surface area contributed by atoms with Gasteiger partial charge >= 0.3 is 0 Å². The molecule has 0 spiro atoms. The summed E-state index contributed by atoms with van der Waals surface area (Å²) in [6.07, 6.45) is 1.33. The minimum atomic E-state index is -1.19. The van der Waals surface area contributed by atoms with Crippen LogP contribution < -0.4 is 21.7 Å². The number of primary amides is 1. The highest BCUT2D eigenvalue weighted by molar-refractivity contribution is 5.96. The Kier molecular flexibility index (Phi) is 9.04. The number of aromatic amines is 1. The van der Waals surface area contributed by atoms with E-state index in [1.165, 1.54) is 5.56 Å². The molecule has 1 heterocycles. The normalized spacial score (nSPS) is 17.7. The maximum Gasteiger partial charge on any atom is 0.246 e. The fourth-order valence-electron chi connectivity index (χ4n) is 5.36. The van der Waals surface area contributed by atoms with Gasteiger partial charge in [0.15, 0.2) is 0 Å². The molecule has 3 aromatic rings. The molecule has 0 radical (unpaired) electrons. The van der Waals surface area contributed by atoms with Gasteiger partial charge in [-0.25, -0.2) is 0 Å². The molecular weight excluding hydrogens is 492 g/mol. The van der Waals surface area contributed by atoms with Crippen molar-refractivity contribution in [1.82, 2.24) is 25.8 Å². The number of carbonyl (C=O) groups is 3. The van der Waals surface area contributed by atoms with Gasteiger partial charge in [-0.05, 0) is 43.0 Å². The number of aromatic nitrogens is 1. The largest absolute Gasteiger partial charge is 0.368 e. The first kappa shape index (κ1) is 28.3. The number of hydrogen-bond acceptors (Lipinski definition) is 5. The van der Waals surface area contributed by atoms with Crippen molar-refractivity contribution in [2.75, 3.05) is 26.7 Å². The van der Waals surface area contributed by atoms with Crippen LogP contribution in [0.3, 0.4) is 0 Å². The van der Waals surface area contributed by atoms with Crippen molar-refractivity contribution in [2.24, 2.45) is 11.7 Å². The third kappa shape index (κ3) is 6.85. The van der Waals surface area contributed by atoms with E-state index in [0.29, 0.717) is 25.8 Å². The van der Waals surface area contributed by atoms with Crippen molar-refractivity contribution in [2.45, 2.75) is 51.2 Å². The number of nitrogens with one attached hydrogen (secondary N) is 4. The second-order valence-corrected chi connectivity index (χ2v) is 10.9. The molecule has 9 nitrogen and oxygen atoms in total. The first-order chi connectivity index (χ1) is 18.7. The zero-order valence-corrected chi connectivity index (χ0v) is 23.0. The highest BCUT2D eigenvalue weighted by atomic mass is 16.2. The lowest BCUT2D eigenvalue weighted by Gasteiger charge is -2.38. The predicted molar refractivity (Wildman–Crippen MR) is 153 cm³/mol. The number of rotatable bonds is 12. The van der Waals surface area contributed by atoms with E-state index in [-0.39, 0.29) is 24.3 Å². The van der Waals surface area contributed by atoms with Gasteiger partial charge in [0.25, 0.3) is 0 Å². The summed E-state index contributed by atoms with van der Waals surface area (Å²) in [7, 11) is 2.04. The number of fused-ring (bicyclic) bond motifs is 3. The van der Waals surface area contributed by atoms with Crippen LogP contribution in [0.5, 0.6) is 0 Å². The second kappa shape index (κ2) is 12.4. The molecule has 1 aromatic heterocycles. The molecule has 2 atom stereocenters. The lowest BCUT2D eigenvalue weighted by atomic mass is 9.78. The van der Waals surface area contributed by atoms with Crippen LogP contribution in [0.25, 0.3) is 10.9 Å². The number of aryl methyl sites for hydroxylation is 1. The van der Waals surface area contributed by atoms with Crippen LogP contribution in [0.4, 0.5) is 0 Å².